The number of aromatic nitrogens is 2. The highest BCUT2D eigenvalue weighted by atomic mass is 16.5. The molecule has 7 nitrogen and oxygen atoms in total. The quantitative estimate of drug-likeness (QED) is 0.696. The lowest BCUT2D eigenvalue weighted by atomic mass is 10.2. The highest BCUT2D eigenvalue weighted by molar-refractivity contribution is 6.02. The van der Waals surface area contributed by atoms with E-state index in [1.54, 1.807) is 20.4 Å². The Morgan fingerprint density at radius 1 is 1.00 bits per heavy atom. The van der Waals surface area contributed by atoms with Gasteiger partial charge < -0.3 is 23.8 Å². The summed E-state index contributed by atoms with van der Waals surface area (Å²) in [5.74, 6) is 2.42. The number of hydrogen-bond acceptors (Lipinski definition) is 5. The third kappa shape index (κ3) is 3.02. The van der Waals surface area contributed by atoms with Gasteiger partial charge in [0, 0.05) is 44.8 Å². The monoisotopic (exact) mass is 380 g/mol. The maximum Gasteiger partial charge on any atom is 0.270 e. The van der Waals surface area contributed by atoms with Gasteiger partial charge in [0.05, 0.1) is 19.7 Å². The molecule has 1 aliphatic heterocycles. The predicted molar refractivity (Wildman–Crippen MR) is 108 cm³/mol. The van der Waals surface area contributed by atoms with Gasteiger partial charge in [0.15, 0.2) is 0 Å². The van der Waals surface area contributed by atoms with Crippen LogP contribution in [-0.2, 0) is 7.05 Å². The molecule has 2 aromatic heterocycles. The van der Waals surface area contributed by atoms with Gasteiger partial charge >= 0.3 is 0 Å². The van der Waals surface area contributed by atoms with Crippen molar-refractivity contribution in [3.05, 3.63) is 48.3 Å². The number of anilines is 1. The molecule has 0 saturated carbocycles. The van der Waals surface area contributed by atoms with Crippen LogP contribution in [0.2, 0.25) is 0 Å². The average molecular weight is 380 g/mol. The molecule has 146 valence electrons. The van der Waals surface area contributed by atoms with Crippen molar-refractivity contribution in [2.75, 3.05) is 45.3 Å². The molecule has 0 N–H and O–H groups in total. The van der Waals surface area contributed by atoms with Crippen molar-refractivity contribution in [3.8, 4) is 11.5 Å². The van der Waals surface area contributed by atoms with Crippen molar-refractivity contribution >= 4 is 22.6 Å². The zero-order chi connectivity index (χ0) is 19.7. The maximum absolute atomic E-state index is 13.2. The molecular formula is C21H24N4O3. The Balaban J connectivity index is 1.59. The Hall–Kier alpha value is -3.22. The number of amides is 1. The van der Waals surface area contributed by atoms with Crippen LogP contribution in [0.1, 0.15) is 10.5 Å². The number of rotatable bonds is 4. The summed E-state index contributed by atoms with van der Waals surface area (Å²) < 4.78 is 12.9. The zero-order valence-electron chi connectivity index (χ0n) is 16.4. The number of piperazine rings is 1. The second-order valence-corrected chi connectivity index (χ2v) is 6.79. The SMILES string of the molecule is COc1ccc(OC)c2c1cc(C(=O)N1CCN(c3ccccn3)CC1)n2C. The molecule has 1 aromatic carbocycles. The largest absolute Gasteiger partial charge is 0.496 e. The van der Waals surface area contributed by atoms with Gasteiger partial charge in [-0.1, -0.05) is 6.07 Å². The molecule has 4 rings (SSSR count). The fourth-order valence-corrected chi connectivity index (χ4v) is 3.80. The molecule has 0 spiro atoms. The van der Waals surface area contributed by atoms with Gasteiger partial charge in [-0.3, -0.25) is 4.79 Å². The standard InChI is InChI=1S/C21H24N4O3/c1-23-16(14-15-17(27-2)7-8-18(28-3)20(15)23)21(26)25-12-10-24(11-13-25)19-6-4-5-9-22-19/h4-9,14H,10-13H2,1-3H3. The van der Waals surface area contributed by atoms with E-state index in [2.05, 4.69) is 9.88 Å². The van der Waals surface area contributed by atoms with Crippen LogP contribution in [0.4, 0.5) is 5.82 Å². The minimum Gasteiger partial charge on any atom is -0.496 e. The van der Waals surface area contributed by atoms with E-state index in [-0.39, 0.29) is 5.91 Å². The van der Waals surface area contributed by atoms with Gasteiger partial charge in [-0.05, 0) is 30.3 Å². The number of pyridine rings is 1. The van der Waals surface area contributed by atoms with Gasteiger partial charge in [-0.15, -0.1) is 0 Å². The maximum atomic E-state index is 13.2. The van der Waals surface area contributed by atoms with E-state index in [0.29, 0.717) is 18.8 Å². The summed E-state index contributed by atoms with van der Waals surface area (Å²) in [6, 6.07) is 11.5. The van der Waals surface area contributed by atoms with Crippen LogP contribution in [0.3, 0.4) is 0 Å². The number of ether oxygens (including phenoxy) is 2. The smallest absolute Gasteiger partial charge is 0.270 e. The van der Waals surface area contributed by atoms with E-state index in [1.165, 1.54) is 0 Å². The average Bonchev–Trinajstić information content (AvgIpc) is 3.11. The lowest BCUT2D eigenvalue weighted by Gasteiger charge is -2.35. The summed E-state index contributed by atoms with van der Waals surface area (Å²) in [7, 11) is 5.15. The molecular weight excluding hydrogens is 356 g/mol. The highest BCUT2D eigenvalue weighted by Gasteiger charge is 2.26. The summed E-state index contributed by atoms with van der Waals surface area (Å²) in [5.41, 5.74) is 1.49. The first kappa shape index (κ1) is 18.2. The van der Waals surface area contributed by atoms with E-state index in [1.807, 2.05) is 52.9 Å². The molecule has 0 bridgehead atoms. The number of methoxy groups -OCH3 is 2. The molecule has 7 heteroatoms. The Morgan fingerprint density at radius 2 is 1.71 bits per heavy atom. The second-order valence-electron chi connectivity index (χ2n) is 6.79. The van der Waals surface area contributed by atoms with Crippen LogP contribution in [-0.4, -0.2) is 60.8 Å². The molecule has 0 atom stereocenters. The third-order valence-electron chi connectivity index (χ3n) is 5.32. The second kappa shape index (κ2) is 7.42. The van der Waals surface area contributed by atoms with Crippen molar-refractivity contribution in [1.82, 2.24) is 14.5 Å². The Bertz CT molecular complexity index is 992. The van der Waals surface area contributed by atoms with Gasteiger partial charge in [-0.25, -0.2) is 4.98 Å². The summed E-state index contributed by atoms with van der Waals surface area (Å²) in [6.07, 6.45) is 1.79. The number of fused-ring (bicyclic) bond motifs is 1. The molecule has 0 unspecified atom stereocenters. The zero-order valence-corrected chi connectivity index (χ0v) is 16.4. The predicted octanol–water partition coefficient (Wildman–Crippen LogP) is 2.55. The van der Waals surface area contributed by atoms with E-state index in [4.69, 9.17) is 9.47 Å². The number of carbonyl (C=O) groups excluding carboxylic acids is 1. The fourth-order valence-electron chi connectivity index (χ4n) is 3.80. The lowest BCUT2D eigenvalue weighted by Crippen LogP contribution is -2.49. The minimum atomic E-state index is 0.0171. The molecule has 1 saturated heterocycles. The molecule has 1 amide bonds. The first-order chi connectivity index (χ1) is 13.6. The molecule has 1 fully saturated rings. The number of carbonyl (C=O) groups is 1. The molecule has 0 radical (unpaired) electrons. The van der Waals surface area contributed by atoms with E-state index in [9.17, 15) is 4.79 Å². The first-order valence-electron chi connectivity index (χ1n) is 9.29. The summed E-state index contributed by atoms with van der Waals surface area (Å²) in [5, 5.41) is 0.875. The van der Waals surface area contributed by atoms with Crippen LogP contribution in [0.15, 0.2) is 42.6 Å². The van der Waals surface area contributed by atoms with E-state index >= 15 is 0 Å². The Morgan fingerprint density at radius 3 is 2.36 bits per heavy atom. The topological polar surface area (TPSA) is 59.8 Å². The molecule has 28 heavy (non-hydrogen) atoms. The molecule has 3 heterocycles. The van der Waals surface area contributed by atoms with Crippen molar-refractivity contribution in [2.24, 2.45) is 7.05 Å². The summed E-state index contributed by atoms with van der Waals surface area (Å²) in [4.78, 5) is 21.7. The van der Waals surface area contributed by atoms with Crippen LogP contribution in [0, 0.1) is 0 Å². The van der Waals surface area contributed by atoms with Crippen molar-refractivity contribution < 1.29 is 14.3 Å². The Labute approximate surface area is 164 Å². The van der Waals surface area contributed by atoms with E-state index < -0.39 is 0 Å². The third-order valence-corrected chi connectivity index (χ3v) is 5.32. The van der Waals surface area contributed by atoms with Crippen molar-refractivity contribution in [2.45, 2.75) is 0 Å². The van der Waals surface area contributed by atoms with Crippen molar-refractivity contribution in [3.63, 3.8) is 0 Å². The number of hydrogen-bond donors (Lipinski definition) is 0. The van der Waals surface area contributed by atoms with Crippen molar-refractivity contribution in [1.29, 1.82) is 0 Å². The van der Waals surface area contributed by atoms with E-state index in [0.717, 1.165) is 41.3 Å². The minimum absolute atomic E-state index is 0.0171. The van der Waals surface area contributed by atoms with Crippen LogP contribution >= 0.6 is 0 Å². The van der Waals surface area contributed by atoms with Gasteiger partial charge in [0.1, 0.15) is 23.0 Å². The van der Waals surface area contributed by atoms with Crippen LogP contribution in [0.5, 0.6) is 11.5 Å². The first-order valence-corrected chi connectivity index (χ1v) is 9.29. The van der Waals surface area contributed by atoms with Gasteiger partial charge in [-0.2, -0.15) is 0 Å². The normalized spacial score (nSPS) is 14.4. The number of benzene rings is 1. The number of nitrogens with zero attached hydrogens (tertiary/aromatic N) is 4. The lowest BCUT2D eigenvalue weighted by molar-refractivity contribution is 0.0737. The molecule has 1 aliphatic rings. The highest BCUT2D eigenvalue weighted by Crippen LogP contribution is 2.35. The van der Waals surface area contributed by atoms with Gasteiger partial charge in [0.25, 0.3) is 5.91 Å². The number of aryl methyl sites for hydroxylation is 1. The Kier molecular flexibility index (Phi) is 4.81. The molecule has 0 aliphatic carbocycles. The summed E-state index contributed by atoms with van der Waals surface area (Å²) in [6.45, 7) is 2.84. The fraction of sp³-hybridized carbons (Fsp3) is 0.333. The summed E-state index contributed by atoms with van der Waals surface area (Å²) >= 11 is 0. The van der Waals surface area contributed by atoms with Gasteiger partial charge in [0.2, 0.25) is 0 Å². The van der Waals surface area contributed by atoms with Crippen LogP contribution < -0.4 is 14.4 Å². The molecule has 3 aromatic rings. The van der Waals surface area contributed by atoms with Crippen LogP contribution in [0.25, 0.3) is 10.9 Å².